The van der Waals surface area contributed by atoms with Gasteiger partial charge in [-0.25, -0.2) is 4.79 Å². The second-order valence-corrected chi connectivity index (χ2v) is 4.31. The Kier molecular flexibility index (Phi) is 1.70. The normalized spacial score (nSPS) is 11.6. The Morgan fingerprint density at radius 3 is 2.06 bits per heavy atom. The molecule has 1 aromatic heterocycles. The monoisotopic (exact) mass is 235 g/mol. The molecule has 0 fully saturated rings. The van der Waals surface area contributed by atoms with Crippen LogP contribution in [-0.2, 0) is 0 Å². The highest BCUT2D eigenvalue weighted by Crippen LogP contribution is 2.32. The molecule has 0 amide bonds. The number of oxazole rings is 1. The Morgan fingerprint density at radius 2 is 1.33 bits per heavy atom. The number of hydrogen-bond donors (Lipinski definition) is 1. The minimum atomic E-state index is -0.411. The maximum Gasteiger partial charge on any atom is 0.417 e. The third-order valence-electron chi connectivity index (χ3n) is 3.31. The summed E-state index contributed by atoms with van der Waals surface area (Å²) in [7, 11) is 0. The van der Waals surface area contributed by atoms with E-state index in [0.717, 1.165) is 27.1 Å². The quantitative estimate of drug-likeness (QED) is 0.474. The predicted molar refractivity (Wildman–Crippen MR) is 71.8 cm³/mol. The molecule has 0 saturated heterocycles. The molecule has 0 saturated carbocycles. The van der Waals surface area contributed by atoms with Crippen molar-refractivity contribution in [2.75, 3.05) is 0 Å². The van der Waals surface area contributed by atoms with E-state index in [0.29, 0.717) is 5.58 Å². The fourth-order valence-electron chi connectivity index (χ4n) is 2.56. The van der Waals surface area contributed by atoms with E-state index in [2.05, 4.69) is 11.1 Å². The summed E-state index contributed by atoms with van der Waals surface area (Å²) < 4.78 is 5.28. The third-order valence-corrected chi connectivity index (χ3v) is 3.31. The smallest absolute Gasteiger partial charge is 0.407 e. The fourth-order valence-corrected chi connectivity index (χ4v) is 2.56. The van der Waals surface area contributed by atoms with Gasteiger partial charge in [-0.3, -0.25) is 4.98 Å². The molecule has 86 valence electrons. The molecule has 0 radical (unpaired) electrons. The standard InChI is InChI=1S/C15H9NO2/c17-15-16-13-11-7-3-1-5-9(11)10-6-2-4-8-12(10)14(13)18-15/h1-8H,(H,16,17). The summed E-state index contributed by atoms with van der Waals surface area (Å²) >= 11 is 0. The number of aromatic nitrogens is 1. The Morgan fingerprint density at radius 1 is 0.778 bits per heavy atom. The van der Waals surface area contributed by atoms with E-state index < -0.39 is 5.76 Å². The first kappa shape index (κ1) is 9.48. The lowest BCUT2D eigenvalue weighted by molar-refractivity contribution is 0.558. The van der Waals surface area contributed by atoms with Gasteiger partial charge in [-0.1, -0.05) is 48.5 Å². The maximum atomic E-state index is 11.5. The van der Waals surface area contributed by atoms with Crippen LogP contribution in [0.4, 0.5) is 0 Å². The number of fused-ring (bicyclic) bond motifs is 6. The zero-order chi connectivity index (χ0) is 12.1. The Bertz CT molecular complexity index is 871. The second kappa shape index (κ2) is 3.23. The first-order valence-electron chi connectivity index (χ1n) is 5.77. The second-order valence-electron chi connectivity index (χ2n) is 4.31. The summed E-state index contributed by atoms with van der Waals surface area (Å²) in [6.07, 6.45) is 0. The van der Waals surface area contributed by atoms with Crippen molar-refractivity contribution in [3.05, 3.63) is 59.1 Å². The molecule has 0 aliphatic heterocycles. The van der Waals surface area contributed by atoms with Crippen molar-refractivity contribution in [2.24, 2.45) is 0 Å². The van der Waals surface area contributed by atoms with Crippen LogP contribution in [0.3, 0.4) is 0 Å². The Balaban J connectivity index is 2.50. The molecule has 0 atom stereocenters. The maximum absolute atomic E-state index is 11.5. The summed E-state index contributed by atoms with van der Waals surface area (Å²) in [6, 6.07) is 16.0. The van der Waals surface area contributed by atoms with Gasteiger partial charge in [0.15, 0.2) is 5.58 Å². The zero-order valence-electron chi connectivity index (χ0n) is 9.44. The van der Waals surface area contributed by atoms with Crippen molar-refractivity contribution >= 4 is 32.6 Å². The van der Waals surface area contributed by atoms with Crippen LogP contribution in [0.2, 0.25) is 0 Å². The summed E-state index contributed by atoms with van der Waals surface area (Å²) in [6.45, 7) is 0. The van der Waals surface area contributed by atoms with Crippen LogP contribution in [0.15, 0.2) is 57.7 Å². The molecule has 1 N–H and O–H groups in total. The molecule has 18 heavy (non-hydrogen) atoms. The summed E-state index contributed by atoms with van der Waals surface area (Å²) in [4.78, 5) is 14.2. The van der Waals surface area contributed by atoms with E-state index in [9.17, 15) is 4.79 Å². The van der Waals surface area contributed by atoms with Gasteiger partial charge >= 0.3 is 5.76 Å². The molecule has 0 unspecified atom stereocenters. The Hall–Kier alpha value is -2.55. The molecule has 0 aliphatic rings. The van der Waals surface area contributed by atoms with Crippen molar-refractivity contribution in [3.8, 4) is 0 Å². The van der Waals surface area contributed by atoms with E-state index in [1.165, 1.54) is 0 Å². The number of H-pyrrole nitrogens is 1. The number of hydrogen-bond acceptors (Lipinski definition) is 2. The molecule has 0 bridgehead atoms. The molecule has 3 nitrogen and oxygen atoms in total. The van der Waals surface area contributed by atoms with Crippen molar-refractivity contribution < 1.29 is 4.42 Å². The molecule has 1 heterocycles. The van der Waals surface area contributed by atoms with Crippen LogP contribution in [0.25, 0.3) is 32.6 Å². The fraction of sp³-hybridized carbons (Fsp3) is 0. The summed E-state index contributed by atoms with van der Waals surface area (Å²) in [5, 5.41) is 4.20. The highest BCUT2D eigenvalue weighted by Gasteiger charge is 2.11. The molecule has 4 rings (SSSR count). The number of benzene rings is 3. The lowest BCUT2D eigenvalue weighted by Gasteiger charge is -2.04. The summed E-state index contributed by atoms with van der Waals surface area (Å²) in [5.74, 6) is -0.411. The van der Waals surface area contributed by atoms with E-state index in [-0.39, 0.29) is 0 Å². The van der Waals surface area contributed by atoms with E-state index >= 15 is 0 Å². The predicted octanol–water partition coefficient (Wildman–Crippen LogP) is 3.43. The first-order valence-corrected chi connectivity index (χ1v) is 5.77. The molecule has 0 spiro atoms. The molecular weight excluding hydrogens is 226 g/mol. The lowest BCUT2D eigenvalue weighted by Crippen LogP contribution is -1.93. The van der Waals surface area contributed by atoms with Crippen LogP contribution in [0.5, 0.6) is 0 Å². The molecular formula is C15H9NO2. The van der Waals surface area contributed by atoms with Crippen LogP contribution >= 0.6 is 0 Å². The van der Waals surface area contributed by atoms with Crippen molar-refractivity contribution in [3.63, 3.8) is 0 Å². The van der Waals surface area contributed by atoms with E-state index in [1.807, 2.05) is 42.5 Å². The summed E-state index contributed by atoms with van der Waals surface area (Å²) in [5.41, 5.74) is 1.41. The van der Waals surface area contributed by atoms with Crippen molar-refractivity contribution in [1.29, 1.82) is 0 Å². The highest BCUT2D eigenvalue weighted by molar-refractivity contribution is 6.22. The van der Waals surface area contributed by atoms with Crippen molar-refractivity contribution in [1.82, 2.24) is 4.98 Å². The largest absolute Gasteiger partial charge is 0.417 e. The van der Waals surface area contributed by atoms with E-state index in [1.54, 1.807) is 0 Å². The van der Waals surface area contributed by atoms with Gasteiger partial charge in [0, 0.05) is 10.8 Å². The lowest BCUT2D eigenvalue weighted by atomic mass is 10.0. The minimum absolute atomic E-state index is 0.411. The molecule has 4 aromatic rings. The average molecular weight is 235 g/mol. The van der Waals surface area contributed by atoms with Crippen LogP contribution in [0, 0.1) is 0 Å². The van der Waals surface area contributed by atoms with Gasteiger partial charge < -0.3 is 4.42 Å². The zero-order valence-corrected chi connectivity index (χ0v) is 9.44. The molecule has 3 heteroatoms. The van der Waals surface area contributed by atoms with Gasteiger partial charge in [0.25, 0.3) is 0 Å². The highest BCUT2D eigenvalue weighted by atomic mass is 16.4. The van der Waals surface area contributed by atoms with Gasteiger partial charge in [-0.15, -0.1) is 0 Å². The first-order chi connectivity index (χ1) is 8.84. The SMILES string of the molecule is O=c1[nH]c2c3ccccc3c3ccccc3c2o1. The van der Waals surface area contributed by atoms with Crippen LogP contribution in [0.1, 0.15) is 0 Å². The van der Waals surface area contributed by atoms with E-state index in [4.69, 9.17) is 4.42 Å². The average Bonchev–Trinajstić information content (AvgIpc) is 2.81. The van der Waals surface area contributed by atoms with Gasteiger partial charge in [0.1, 0.15) is 0 Å². The molecule has 0 aliphatic carbocycles. The minimum Gasteiger partial charge on any atom is -0.407 e. The van der Waals surface area contributed by atoms with Crippen molar-refractivity contribution in [2.45, 2.75) is 0 Å². The van der Waals surface area contributed by atoms with Crippen LogP contribution < -0.4 is 5.76 Å². The van der Waals surface area contributed by atoms with Gasteiger partial charge in [-0.05, 0) is 10.8 Å². The topological polar surface area (TPSA) is 46.0 Å². The number of aromatic amines is 1. The van der Waals surface area contributed by atoms with Crippen LogP contribution in [-0.4, -0.2) is 4.98 Å². The number of rotatable bonds is 0. The van der Waals surface area contributed by atoms with Gasteiger partial charge in [0.05, 0.1) is 5.52 Å². The van der Waals surface area contributed by atoms with Gasteiger partial charge in [0.2, 0.25) is 0 Å². The third kappa shape index (κ3) is 1.10. The number of nitrogens with one attached hydrogen (secondary N) is 1. The Labute approximate surface area is 102 Å². The van der Waals surface area contributed by atoms with Gasteiger partial charge in [-0.2, -0.15) is 0 Å². The molecule has 3 aromatic carbocycles.